The number of imidazole rings is 1. The molecule has 2 aromatic rings. The minimum Gasteiger partial charge on any atom is -0.335 e. The van der Waals surface area contributed by atoms with Gasteiger partial charge in [-0.1, -0.05) is 33.2 Å². The Morgan fingerprint density at radius 1 is 1.35 bits per heavy atom. The van der Waals surface area contributed by atoms with Gasteiger partial charge in [-0.3, -0.25) is 0 Å². The number of nitrogens with zero attached hydrogens (tertiary/aromatic N) is 3. The second kappa shape index (κ2) is 5.72. The number of aromatic nitrogens is 2. The summed E-state index contributed by atoms with van der Waals surface area (Å²) < 4.78 is 2.90. The Morgan fingerprint density at radius 2 is 2.12 bits per heavy atom. The summed E-state index contributed by atoms with van der Waals surface area (Å²) in [5.74, 6) is 0. The molecular formula is C12H12BrN3O. The van der Waals surface area contributed by atoms with Gasteiger partial charge in [0.1, 0.15) is 6.04 Å². The van der Waals surface area contributed by atoms with Crippen molar-refractivity contribution in [3.63, 3.8) is 0 Å². The van der Waals surface area contributed by atoms with Gasteiger partial charge in [0.2, 0.25) is 0 Å². The predicted molar refractivity (Wildman–Crippen MR) is 69.7 cm³/mol. The highest BCUT2D eigenvalue weighted by molar-refractivity contribution is 9.10. The highest BCUT2D eigenvalue weighted by Gasteiger charge is 2.10. The first-order chi connectivity index (χ1) is 8.28. The number of hydrogen-bond acceptors (Lipinski definition) is 3. The topological polar surface area (TPSA) is 47.2 Å². The fourth-order valence-corrected chi connectivity index (χ4v) is 1.93. The Bertz CT molecular complexity index is 467. The van der Waals surface area contributed by atoms with Gasteiger partial charge in [0.15, 0.2) is 0 Å². The van der Waals surface area contributed by atoms with Crippen molar-refractivity contribution in [3.8, 4) is 0 Å². The van der Waals surface area contributed by atoms with Crippen molar-refractivity contribution in [2.45, 2.75) is 19.0 Å². The quantitative estimate of drug-likeness (QED) is 0.796. The fraction of sp³-hybridized carbons (Fsp3) is 0.250. The van der Waals surface area contributed by atoms with Crippen molar-refractivity contribution in [2.75, 3.05) is 0 Å². The molecule has 0 radical (unpaired) electrons. The number of benzene rings is 1. The molecule has 0 amide bonds. The van der Waals surface area contributed by atoms with E-state index in [1.165, 1.54) is 0 Å². The lowest BCUT2D eigenvalue weighted by Gasteiger charge is -2.09. The lowest BCUT2D eigenvalue weighted by Crippen LogP contribution is -2.15. The SMILES string of the molecule is O=NC(Cc1ccc(Br)cc1)Cn1ccnc1. The van der Waals surface area contributed by atoms with Crippen LogP contribution < -0.4 is 0 Å². The first kappa shape index (κ1) is 12.0. The minimum atomic E-state index is -0.259. The number of nitroso groups, excluding NO2 is 1. The standard InChI is InChI=1S/C12H12BrN3O/c13-11-3-1-10(2-4-11)7-12(15-17)8-16-6-5-14-9-16/h1-6,9,12H,7-8H2. The van der Waals surface area contributed by atoms with Crippen molar-refractivity contribution < 1.29 is 0 Å². The highest BCUT2D eigenvalue weighted by Crippen LogP contribution is 2.13. The molecule has 17 heavy (non-hydrogen) atoms. The first-order valence-electron chi connectivity index (χ1n) is 5.30. The van der Waals surface area contributed by atoms with E-state index >= 15 is 0 Å². The Balaban J connectivity index is 2.00. The molecule has 1 unspecified atom stereocenters. The van der Waals surface area contributed by atoms with Crippen LogP contribution in [0.15, 0.2) is 52.6 Å². The number of hydrogen-bond donors (Lipinski definition) is 0. The zero-order valence-corrected chi connectivity index (χ0v) is 10.7. The van der Waals surface area contributed by atoms with Crippen LogP contribution in [0.25, 0.3) is 0 Å². The molecule has 0 aliphatic carbocycles. The fourth-order valence-electron chi connectivity index (χ4n) is 1.67. The summed E-state index contributed by atoms with van der Waals surface area (Å²) >= 11 is 3.38. The molecule has 4 nitrogen and oxygen atoms in total. The lowest BCUT2D eigenvalue weighted by atomic mass is 10.1. The third kappa shape index (κ3) is 3.49. The summed E-state index contributed by atoms with van der Waals surface area (Å²) in [6.45, 7) is 0.569. The van der Waals surface area contributed by atoms with Gasteiger partial charge >= 0.3 is 0 Å². The van der Waals surface area contributed by atoms with Gasteiger partial charge in [-0.05, 0) is 24.1 Å². The van der Waals surface area contributed by atoms with Gasteiger partial charge in [0, 0.05) is 23.4 Å². The molecule has 0 saturated heterocycles. The average Bonchev–Trinajstić information content (AvgIpc) is 2.84. The van der Waals surface area contributed by atoms with Crippen molar-refractivity contribution in [1.29, 1.82) is 0 Å². The van der Waals surface area contributed by atoms with E-state index in [-0.39, 0.29) is 6.04 Å². The van der Waals surface area contributed by atoms with E-state index in [0.717, 1.165) is 10.0 Å². The normalized spacial score (nSPS) is 12.3. The van der Waals surface area contributed by atoms with E-state index in [4.69, 9.17) is 0 Å². The van der Waals surface area contributed by atoms with Crippen molar-refractivity contribution >= 4 is 15.9 Å². The molecule has 1 atom stereocenters. The summed E-state index contributed by atoms with van der Waals surface area (Å²) in [7, 11) is 0. The summed E-state index contributed by atoms with van der Waals surface area (Å²) in [4.78, 5) is 14.8. The summed E-state index contributed by atoms with van der Waals surface area (Å²) in [5, 5.41) is 3.17. The lowest BCUT2D eigenvalue weighted by molar-refractivity contribution is 0.548. The van der Waals surface area contributed by atoms with Gasteiger partial charge in [0.25, 0.3) is 0 Å². The van der Waals surface area contributed by atoms with Gasteiger partial charge in [0.05, 0.1) is 6.33 Å². The number of rotatable bonds is 5. The van der Waals surface area contributed by atoms with Crippen LogP contribution in [-0.2, 0) is 13.0 Å². The third-order valence-corrected chi connectivity index (χ3v) is 3.04. The van der Waals surface area contributed by atoms with E-state index in [0.29, 0.717) is 13.0 Å². The molecule has 1 heterocycles. The van der Waals surface area contributed by atoms with Crippen molar-refractivity contribution in [1.82, 2.24) is 9.55 Å². The van der Waals surface area contributed by atoms with Gasteiger partial charge in [-0.15, -0.1) is 0 Å². The van der Waals surface area contributed by atoms with Crippen LogP contribution in [0.3, 0.4) is 0 Å². The first-order valence-corrected chi connectivity index (χ1v) is 6.10. The van der Waals surface area contributed by atoms with Crippen LogP contribution in [0.1, 0.15) is 5.56 Å². The molecule has 0 fully saturated rings. The van der Waals surface area contributed by atoms with Crippen LogP contribution in [0.2, 0.25) is 0 Å². The molecule has 0 aliphatic heterocycles. The molecule has 88 valence electrons. The second-order valence-corrected chi connectivity index (χ2v) is 4.76. The molecule has 5 heteroatoms. The van der Waals surface area contributed by atoms with Gasteiger partial charge in [-0.25, -0.2) is 4.98 Å². The van der Waals surface area contributed by atoms with E-state index in [9.17, 15) is 4.91 Å². The summed E-state index contributed by atoms with van der Waals surface area (Å²) in [6.07, 6.45) is 5.87. The van der Waals surface area contributed by atoms with E-state index in [2.05, 4.69) is 26.1 Å². The Hall–Kier alpha value is -1.49. The van der Waals surface area contributed by atoms with Crippen LogP contribution in [0, 0.1) is 4.91 Å². The van der Waals surface area contributed by atoms with E-state index in [1.54, 1.807) is 12.5 Å². The molecule has 0 saturated carbocycles. The minimum absolute atomic E-state index is 0.259. The molecule has 0 bridgehead atoms. The average molecular weight is 294 g/mol. The molecule has 1 aromatic carbocycles. The van der Waals surface area contributed by atoms with Gasteiger partial charge < -0.3 is 4.57 Å². The Labute approximate surface area is 108 Å². The highest BCUT2D eigenvalue weighted by atomic mass is 79.9. The van der Waals surface area contributed by atoms with Crippen LogP contribution in [0.5, 0.6) is 0 Å². The zero-order chi connectivity index (χ0) is 12.1. The maximum atomic E-state index is 10.8. The van der Waals surface area contributed by atoms with Crippen molar-refractivity contribution in [2.24, 2.45) is 5.18 Å². The largest absolute Gasteiger partial charge is 0.335 e. The van der Waals surface area contributed by atoms with Crippen molar-refractivity contribution in [3.05, 3.63) is 57.9 Å². The van der Waals surface area contributed by atoms with E-state index < -0.39 is 0 Å². The summed E-state index contributed by atoms with van der Waals surface area (Å²) in [5.41, 5.74) is 1.11. The second-order valence-electron chi connectivity index (χ2n) is 3.85. The molecule has 0 N–H and O–H groups in total. The maximum Gasteiger partial charge on any atom is 0.114 e. The molecular weight excluding hydrogens is 282 g/mol. The predicted octanol–water partition coefficient (Wildman–Crippen LogP) is 3.02. The summed E-state index contributed by atoms with van der Waals surface area (Å²) in [6, 6.07) is 7.67. The van der Waals surface area contributed by atoms with E-state index in [1.807, 2.05) is 35.0 Å². The Morgan fingerprint density at radius 3 is 2.71 bits per heavy atom. The van der Waals surface area contributed by atoms with Crippen LogP contribution in [-0.4, -0.2) is 15.6 Å². The smallest absolute Gasteiger partial charge is 0.114 e. The van der Waals surface area contributed by atoms with Gasteiger partial charge in [-0.2, -0.15) is 4.91 Å². The number of halogens is 1. The molecule has 0 aliphatic rings. The molecule has 0 spiro atoms. The monoisotopic (exact) mass is 293 g/mol. The van der Waals surface area contributed by atoms with Crippen LogP contribution >= 0.6 is 15.9 Å². The molecule has 2 rings (SSSR count). The van der Waals surface area contributed by atoms with Crippen LogP contribution in [0.4, 0.5) is 0 Å². The Kier molecular flexibility index (Phi) is 4.03. The maximum absolute atomic E-state index is 10.8. The third-order valence-electron chi connectivity index (χ3n) is 2.51. The molecule has 1 aromatic heterocycles. The zero-order valence-electron chi connectivity index (χ0n) is 9.16.